The summed E-state index contributed by atoms with van der Waals surface area (Å²) < 4.78 is 0. The lowest BCUT2D eigenvalue weighted by atomic mass is 9.90. The van der Waals surface area contributed by atoms with Crippen LogP contribution >= 0.6 is 0 Å². The summed E-state index contributed by atoms with van der Waals surface area (Å²) in [4.78, 5) is 0. The standard InChI is InChI=1S/C44H26/c1-2-4-14-27(13-3-1)44-42-25-38-34-21-11-7-17-30(34)28-15-5-9-19-32(28)36(38)23-40(42)41-24-37-33-20-10-6-16-29(33)31-18-8-12-22-35(31)39(37)26-43(41)44/h1-26H. The highest BCUT2D eigenvalue weighted by Gasteiger charge is 2.28. The number of benzene rings is 8. The Hall–Kier alpha value is -5.72. The first-order valence-electron chi connectivity index (χ1n) is 15.4. The van der Waals surface area contributed by atoms with Crippen LogP contribution in [-0.2, 0) is 0 Å². The van der Waals surface area contributed by atoms with Gasteiger partial charge in [-0.1, -0.05) is 134 Å². The van der Waals surface area contributed by atoms with Gasteiger partial charge < -0.3 is 0 Å². The van der Waals surface area contributed by atoms with Crippen LogP contribution in [0.4, 0.5) is 0 Å². The van der Waals surface area contributed by atoms with Crippen molar-refractivity contribution in [3.05, 3.63) is 174 Å². The van der Waals surface area contributed by atoms with Gasteiger partial charge in [0.15, 0.2) is 0 Å². The molecular formula is C44H26. The Morgan fingerprint density at radius 2 is 0.523 bits per heavy atom. The molecule has 0 unspecified atom stereocenters. The summed E-state index contributed by atoms with van der Waals surface area (Å²) in [5.74, 6) is 0. The lowest BCUT2D eigenvalue weighted by Crippen LogP contribution is -1.89. The average molecular weight is 555 g/mol. The molecule has 2 aliphatic rings. The van der Waals surface area contributed by atoms with E-state index in [0.29, 0.717) is 0 Å². The van der Waals surface area contributed by atoms with E-state index in [9.17, 15) is 0 Å². The van der Waals surface area contributed by atoms with Gasteiger partial charge in [0.1, 0.15) is 0 Å². The third-order valence-electron chi connectivity index (χ3n) is 9.77. The maximum absolute atomic E-state index is 2.48. The van der Waals surface area contributed by atoms with E-state index in [1.54, 1.807) is 0 Å². The molecule has 8 aromatic rings. The van der Waals surface area contributed by atoms with E-state index >= 15 is 0 Å². The van der Waals surface area contributed by atoms with E-state index in [1.807, 2.05) is 0 Å². The predicted molar refractivity (Wildman–Crippen MR) is 190 cm³/mol. The van der Waals surface area contributed by atoms with E-state index in [1.165, 1.54) is 98.0 Å². The zero-order valence-corrected chi connectivity index (χ0v) is 24.0. The van der Waals surface area contributed by atoms with Gasteiger partial charge in [-0.2, -0.15) is 0 Å². The second-order valence-electron chi connectivity index (χ2n) is 12.0. The zero-order chi connectivity index (χ0) is 28.8. The topological polar surface area (TPSA) is 0 Å². The molecule has 202 valence electrons. The first-order chi connectivity index (χ1) is 21.8. The van der Waals surface area contributed by atoms with Gasteiger partial charge in [-0.15, -0.1) is 0 Å². The predicted octanol–water partition coefficient (Wildman–Crippen LogP) is 12.1. The number of allylic oxidation sites excluding steroid dienone is 7. The minimum Gasteiger partial charge on any atom is -0.0622 e. The SMILES string of the molecule is C1=CC=CC(=C2c3cc4c5ccccc5c5ccccc5c4cc3-c3cc4c5ccccc5c5ccccc5c4cc32)C=C1. The van der Waals surface area contributed by atoms with E-state index in [-0.39, 0.29) is 0 Å². The molecule has 0 N–H and O–H groups in total. The van der Waals surface area contributed by atoms with Crippen LogP contribution in [0.2, 0.25) is 0 Å². The quantitative estimate of drug-likeness (QED) is 0.164. The normalized spacial score (nSPS) is 14.0. The Morgan fingerprint density at radius 1 is 0.250 bits per heavy atom. The Kier molecular flexibility index (Phi) is 4.81. The van der Waals surface area contributed by atoms with Gasteiger partial charge >= 0.3 is 0 Å². The Morgan fingerprint density at radius 3 is 0.841 bits per heavy atom. The highest BCUT2D eigenvalue weighted by molar-refractivity contribution is 6.29. The third kappa shape index (κ3) is 3.17. The van der Waals surface area contributed by atoms with Crippen molar-refractivity contribution < 1.29 is 0 Å². The van der Waals surface area contributed by atoms with Crippen LogP contribution in [-0.4, -0.2) is 0 Å². The summed E-state index contributed by atoms with van der Waals surface area (Å²) in [5, 5.41) is 15.7. The van der Waals surface area contributed by atoms with Crippen molar-refractivity contribution in [2.75, 3.05) is 0 Å². The molecule has 0 spiro atoms. The average Bonchev–Trinajstić information content (AvgIpc) is 3.20. The summed E-state index contributed by atoms with van der Waals surface area (Å²) in [6.45, 7) is 0. The molecule has 8 aromatic carbocycles. The summed E-state index contributed by atoms with van der Waals surface area (Å²) >= 11 is 0. The van der Waals surface area contributed by atoms with Gasteiger partial charge in [0.05, 0.1) is 0 Å². The lowest BCUT2D eigenvalue weighted by Gasteiger charge is -2.13. The molecule has 0 aromatic heterocycles. The van der Waals surface area contributed by atoms with Gasteiger partial charge in [-0.05, 0) is 122 Å². The Bertz CT molecular complexity index is 2510. The molecule has 0 saturated heterocycles. The van der Waals surface area contributed by atoms with E-state index in [2.05, 4.69) is 158 Å². The molecule has 0 fully saturated rings. The third-order valence-corrected chi connectivity index (χ3v) is 9.77. The molecule has 2 aliphatic carbocycles. The van der Waals surface area contributed by atoms with Gasteiger partial charge in [0.25, 0.3) is 0 Å². The van der Waals surface area contributed by atoms with E-state index in [0.717, 1.165) is 0 Å². The molecule has 0 heteroatoms. The van der Waals surface area contributed by atoms with Crippen LogP contribution in [0.5, 0.6) is 0 Å². The molecular weight excluding hydrogens is 528 g/mol. The van der Waals surface area contributed by atoms with Crippen molar-refractivity contribution in [3.8, 4) is 11.1 Å². The highest BCUT2D eigenvalue weighted by atomic mass is 14.3. The molecule has 44 heavy (non-hydrogen) atoms. The Labute approximate surface area is 255 Å². The first-order valence-corrected chi connectivity index (χ1v) is 15.4. The monoisotopic (exact) mass is 554 g/mol. The fourth-order valence-electron chi connectivity index (χ4n) is 7.89. The summed E-state index contributed by atoms with van der Waals surface area (Å²) in [6.07, 6.45) is 13.1. The number of hydrogen-bond acceptors (Lipinski definition) is 0. The van der Waals surface area contributed by atoms with Crippen LogP contribution in [0, 0.1) is 0 Å². The minimum atomic E-state index is 1.24. The Balaban J connectivity index is 1.42. The maximum atomic E-state index is 2.48. The lowest BCUT2D eigenvalue weighted by molar-refractivity contribution is 1.64. The molecule has 0 atom stereocenters. The van der Waals surface area contributed by atoms with Crippen molar-refractivity contribution in [1.82, 2.24) is 0 Å². The highest BCUT2D eigenvalue weighted by Crippen LogP contribution is 2.52. The van der Waals surface area contributed by atoms with Crippen molar-refractivity contribution in [2.45, 2.75) is 0 Å². The smallest absolute Gasteiger partial charge is 0.00259 e. The maximum Gasteiger partial charge on any atom is -0.00259 e. The zero-order valence-electron chi connectivity index (χ0n) is 24.0. The van der Waals surface area contributed by atoms with Crippen LogP contribution in [0.25, 0.3) is 81.3 Å². The summed E-state index contributed by atoms with van der Waals surface area (Å²) in [5.41, 5.74) is 7.79. The largest absolute Gasteiger partial charge is 0.0622 e. The minimum absolute atomic E-state index is 1.24. The van der Waals surface area contributed by atoms with Crippen molar-refractivity contribution in [1.29, 1.82) is 0 Å². The van der Waals surface area contributed by atoms with E-state index < -0.39 is 0 Å². The van der Waals surface area contributed by atoms with Crippen molar-refractivity contribution in [3.63, 3.8) is 0 Å². The first kappa shape index (κ1) is 23.8. The fraction of sp³-hybridized carbons (Fsp3) is 0. The van der Waals surface area contributed by atoms with Crippen LogP contribution < -0.4 is 0 Å². The van der Waals surface area contributed by atoms with Crippen molar-refractivity contribution in [2.24, 2.45) is 0 Å². The molecule has 0 saturated carbocycles. The second-order valence-corrected chi connectivity index (χ2v) is 12.0. The molecule has 0 amide bonds. The van der Waals surface area contributed by atoms with Gasteiger partial charge in [0, 0.05) is 0 Å². The van der Waals surface area contributed by atoms with Crippen LogP contribution in [0.1, 0.15) is 11.1 Å². The second kappa shape index (κ2) is 8.89. The summed E-state index contributed by atoms with van der Waals surface area (Å²) in [7, 11) is 0. The van der Waals surface area contributed by atoms with Crippen LogP contribution in [0.3, 0.4) is 0 Å². The van der Waals surface area contributed by atoms with Gasteiger partial charge in [-0.25, -0.2) is 0 Å². The number of hydrogen-bond donors (Lipinski definition) is 0. The molecule has 0 nitrogen and oxygen atoms in total. The molecule has 10 rings (SSSR count). The van der Waals surface area contributed by atoms with Gasteiger partial charge in [-0.3, -0.25) is 0 Å². The number of fused-ring (bicyclic) bond motifs is 15. The summed E-state index contributed by atoms with van der Waals surface area (Å²) in [6, 6.07) is 45.4. The van der Waals surface area contributed by atoms with E-state index in [4.69, 9.17) is 0 Å². The number of rotatable bonds is 0. The molecule has 0 radical (unpaired) electrons. The molecule has 0 heterocycles. The fourth-order valence-corrected chi connectivity index (χ4v) is 7.89. The van der Waals surface area contributed by atoms with Crippen molar-refractivity contribution >= 4 is 70.2 Å². The van der Waals surface area contributed by atoms with Crippen LogP contribution in [0.15, 0.2) is 163 Å². The van der Waals surface area contributed by atoms with Gasteiger partial charge in [0.2, 0.25) is 0 Å². The molecule has 0 aliphatic heterocycles. The molecule has 0 bridgehead atoms.